The van der Waals surface area contributed by atoms with Gasteiger partial charge in [-0.1, -0.05) is 24.6 Å². The van der Waals surface area contributed by atoms with E-state index >= 15 is 0 Å². The molecule has 8 heteroatoms. The van der Waals surface area contributed by atoms with Crippen LogP contribution in [0, 0.1) is 0 Å². The molecule has 1 aliphatic heterocycles. The minimum absolute atomic E-state index is 0.124. The summed E-state index contributed by atoms with van der Waals surface area (Å²) in [6.07, 6.45) is 3.39. The number of para-hydroxylation sites is 1. The number of hydrogen-bond donors (Lipinski definition) is 2. The number of nitrogens with one attached hydrogen (secondary N) is 2. The Kier molecular flexibility index (Phi) is 7.47. The molecule has 1 fully saturated rings. The number of likely N-dealkylation sites (tertiary alicyclic amines) is 1. The fraction of sp³-hybridized carbons (Fsp3) is 0.409. The molecule has 1 amide bonds. The molecule has 0 radical (unpaired) electrons. The molecule has 0 saturated carbocycles. The van der Waals surface area contributed by atoms with Gasteiger partial charge in [-0.05, 0) is 56.3 Å². The van der Waals surface area contributed by atoms with Crippen molar-refractivity contribution in [2.45, 2.75) is 30.2 Å². The molecular formula is C22H29N3O4S. The number of nitrogens with zero attached hydrogens (tertiary/aromatic N) is 1. The van der Waals surface area contributed by atoms with Crippen molar-refractivity contribution in [3.05, 3.63) is 59.7 Å². The Labute approximate surface area is 178 Å². The van der Waals surface area contributed by atoms with E-state index in [2.05, 4.69) is 14.9 Å². The number of sulfonamides is 1. The van der Waals surface area contributed by atoms with Gasteiger partial charge in [0, 0.05) is 24.7 Å². The highest BCUT2D eigenvalue weighted by Gasteiger charge is 2.27. The first-order valence-corrected chi connectivity index (χ1v) is 11.6. The van der Waals surface area contributed by atoms with Crippen molar-refractivity contribution in [1.29, 1.82) is 0 Å². The minimum atomic E-state index is -3.72. The topological polar surface area (TPSA) is 87.7 Å². The van der Waals surface area contributed by atoms with Crippen LogP contribution in [0.3, 0.4) is 0 Å². The molecule has 7 nitrogen and oxygen atoms in total. The number of hydrogen-bond acceptors (Lipinski definition) is 5. The number of piperidine rings is 1. The highest BCUT2D eigenvalue weighted by Crippen LogP contribution is 2.31. The molecule has 2 aromatic carbocycles. The third-order valence-corrected chi connectivity index (χ3v) is 6.89. The number of ether oxygens (including phenoxy) is 1. The van der Waals surface area contributed by atoms with E-state index in [0.29, 0.717) is 5.56 Å². The lowest BCUT2D eigenvalue weighted by molar-refractivity contribution is 0.0963. The van der Waals surface area contributed by atoms with Crippen molar-refractivity contribution in [2.24, 2.45) is 0 Å². The fourth-order valence-electron chi connectivity index (χ4n) is 3.81. The third-order valence-electron chi connectivity index (χ3n) is 5.45. The minimum Gasteiger partial charge on any atom is -0.496 e. The lowest BCUT2D eigenvalue weighted by Gasteiger charge is -2.35. The van der Waals surface area contributed by atoms with E-state index in [1.165, 1.54) is 37.7 Å². The van der Waals surface area contributed by atoms with Gasteiger partial charge in [0.05, 0.1) is 18.0 Å². The predicted molar refractivity (Wildman–Crippen MR) is 116 cm³/mol. The lowest BCUT2D eigenvalue weighted by atomic mass is 10.0. The second-order valence-electron chi connectivity index (χ2n) is 7.31. The first-order valence-electron chi connectivity index (χ1n) is 10.1. The Morgan fingerprint density at radius 3 is 2.37 bits per heavy atom. The van der Waals surface area contributed by atoms with Crippen LogP contribution in [0.1, 0.15) is 41.2 Å². The summed E-state index contributed by atoms with van der Waals surface area (Å²) in [5.41, 5.74) is 1.39. The van der Waals surface area contributed by atoms with Crippen LogP contribution in [0.4, 0.5) is 0 Å². The first kappa shape index (κ1) is 22.3. The molecule has 0 aromatic heterocycles. The van der Waals surface area contributed by atoms with E-state index in [1.54, 1.807) is 7.11 Å². The maximum absolute atomic E-state index is 12.9. The normalized spacial score (nSPS) is 16.1. The van der Waals surface area contributed by atoms with Gasteiger partial charge >= 0.3 is 0 Å². The lowest BCUT2D eigenvalue weighted by Crippen LogP contribution is -2.40. The summed E-state index contributed by atoms with van der Waals surface area (Å²) in [6, 6.07) is 13.5. The molecule has 0 spiro atoms. The molecule has 0 aliphatic carbocycles. The Morgan fingerprint density at radius 2 is 1.73 bits per heavy atom. The van der Waals surface area contributed by atoms with Crippen LogP contribution in [-0.4, -0.2) is 53.0 Å². The second kappa shape index (κ2) is 10.1. The highest BCUT2D eigenvalue weighted by molar-refractivity contribution is 7.89. The molecule has 162 valence electrons. The van der Waals surface area contributed by atoms with Gasteiger partial charge in [-0.2, -0.15) is 0 Å². The summed E-state index contributed by atoms with van der Waals surface area (Å²) in [4.78, 5) is 14.1. The Bertz CT molecular complexity index is 955. The van der Waals surface area contributed by atoms with Gasteiger partial charge < -0.3 is 10.1 Å². The quantitative estimate of drug-likeness (QED) is 0.671. The van der Waals surface area contributed by atoms with E-state index in [9.17, 15) is 13.2 Å². The van der Waals surface area contributed by atoms with Crippen LogP contribution in [0.25, 0.3) is 0 Å². The van der Waals surface area contributed by atoms with E-state index in [0.717, 1.165) is 37.2 Å². The van der Waals surface area contributed by atoms with Crippen molar-refractivity contribution < 1.29 is 17.9 Å². The van der Waals surface area contributed by atoms with Gasteiger partial charge in [-0.15, -0.1) is 0 Å². The van der Waals surface area contributed by atoms with Crippen LogP contribution in [0.2, 0.25) is 0 Å². The van der Waals surface area contributed by atoms with E-state index in [1.807, 2.05) is 24.3 Å². The maximum Gasteiger partial charge on any atom is 0.251 e. The summed E-state index contributed by atoms with van der Waals surface area (Å²) in [7, 11) is -0.556. The van der Waals surface area contributed by atoms with Gasteiger partial charge in [0.1, 0.15) is 5.75 Å². The van der Waals surface area contributed by atoms with Crippen molar-refractivity contribution in [3.63, 3.8) is 0 Å². The monoisotopic (exact) mass is 431 g/mol. The zero-order valence-electron chi connectivity index (χ0n) is 17.4. The standard InChI is InChI=1S/C22H29N3O4S/c1-23-22(26)17-10-12-18(13-11-17)30(27,28)24-16-20(25-14-6-3-7-15-25)19-8-4-5-9-21(19)29-2/h4-5,8-13,20,24H,3,6-7,14-16H2,1-2H3,(H,23,26). The summed E-state index contributed by atoms with van der Waals surface area (Å²) in [5.74, 6) is 0.496. The molecule has 30 heavy (non-hydrogen) atoms. The van der Waals surface area contributed by atoms with Crippen molar-refractivity contribution >= 4 is 15.9 Å². The first-order chi connectivity index (χ1) is 14.5. The number of amides is 1. The summed E-state index contributed by atoms with van der Waals surface area (Å²) < 4.78 is 34.1. The Balaban J connectivity index is 1.81. The number of benzene rings is 2. The molecule has 1 unspecified atom stereocenters. The van der Waals surface area contributed by atoms with Gasteiger partial charge in [0.15, 0.2) is 0 Å². The van der Waals surface area contributed by atoms with E-state index in [4.69, 9.17) is 4.74 Å². The molecule has 2 N–H and O–H groups in total. The average molecular weight is 432 g/mol. The van der Waals surface area contributed by atoms with Crippen LogP contribution < -0.4 is 14.8 Å². The molecule has 1 heterocycles. The highest BCUT2D eigenvalue weighted by atomic mass is 32.2. The summed E-state index contributed by atoms with van der Waals surface area (Å²) in [6.45, 7) is 2.08. The van der Waals surface area contributed by atoms with Gasteiger partial charge in [-0.3, -0.25) is 9.69 Å². The van der Waals surface area contributed by atoms with Crippen LogP contribution >= 0.6 is 0 Å². The third kappa shape index (κ3) is 5.19. The molecule has 1 aliphatic rings. The molecule has 1 atom stereocenters. The van der Waals surface area contributed by atoms with Gasteiger partial charge in [0.2, 0.25) is 10.0 Å². The van der Waals surface area contributed by atoms with Crippen molar-refractivity contribution in [2.75, 3.05) is 33.8 Å². The number of carbonyl (C=O) groups excluding carboxylic acids is 1. The summed E-state index contributed by atoms with van der Waals surface area (Å²) >= 11 is 0. The van der Waals surface area contributed by atoms with Crippen LogP contribution in [0.5, 0.6) is 5.75 Å². The van der Waals surface area contributed by atoms with Crippen molar-refractivity contribution in [3.8, 4) is 5.75 Å². The average Bonchev–Trinajstić information content (AvgIpc) is 2.79. The Morgan fingerprint density at radius 1 is 1.07 bits per heavy atom. The molecular weight excluding hydrogens is 402 g/mol. The summed E-state index contributed by atoms with van der Waals surface area (Å²) in [5, 5.41) is 2.52. The zero-order chi connectivity index (χ0) is 21.6. The number of carbonyl (C=O) groups is 1. The van der Waals surface area contributed by atoms with E-state index < -0.39 is 10.0 Å². The number of methoxy groups -OCH3 is 1. The van der Waals surface area contributed by atoms with E-state index in [-0.39, 0.29) is 23.4 Å². The van der Waals surface area contributed by atoms with Crippen LogP contribution in [0.15, 0.2) is 53.4 Å². The van der Waals surface area contributed by atoms with Crippen molar-refractivity contribution in [1.82, 2.24) is 14.9 Å². The Hall–Kier alpha value is -2.42. The molecule has 3 rings (SSSR count). The molecule has 1 saturated heterocycles. The fourth-order valence-corrected chi connectivity index (χ4v) is 4.85. The van der Waals surface area contributed by atoms with Gasteiger partial charge in [-0.25, -0.2) is 13.1 Å². The smallest absolute Gasteiger partial charge is 0.251 e. The SMILES string of the molecule is CNC(=O)c1ccc(S(=O)(=O)NCC(c2ccccc2OC)N2CCCCC2)cc1. The second-order valence-corrected chi connectivity index (χ2v) is 9.08. The number of rotatable bonds is 8. The predicted octanol–water partition coefficient (Wildman–Crippen LogP) is 2.56. The molecule has 0 bridgehead atoms. The van der Waals surface area contributed by atoms with Gasteiger partial charge in [0.25, 0.3) is 5.91 Å². The maximum atomic E-state index is 12.9. The largest absolute Gasteiger partial charge is 0.496 e. The zero-order valence-corrected chi connectivity index (χ0v) is 18.2. The molecule has 2 aromatic rings. The van der Waals surface area contributed by atoms with Crippen LogP contribution in [-0.2, 0) is 10.0 Å².